The molecule has 0 atom stereocenters. The first-order valence-electron chi connectivity index (χ1n) is 6.20. The Morgan fingerprint density at radius 2 is 1.22 bits per heavy atom. The summed E-state index contributed by atoms with van der Waals surface area (Å²) in [7, 11) is 0. The number of benzene rings is 1. The van der Waals surface area contributed by atoms with Crippen molar-refractivity contribution in [1.82, 2.24) is 8.75 Å². The summed E-state index contributed by atoms with van der Waals surface area (Å²) in [5, 5.41) is 1.42. The minimum atomic E-state index is 0.709. The molecule has 0 spiro atoms. The van der Waals surface area contributed by atoms with Crippen molar-refractivity contribution < 1.29 is 0 Å². The molecule has 0 fully saturated rings. The van der Waals surface area contributed by atoms with Crippen LogP contribution in [0.1, 0.15) is 0 Å². The molecule has 3 heterocycles. The highest BCUT2D eigenvalue weighted by Crippen LogP contribution is 2.45. The second-order valence-electron chi connectivity index (χ2n) is 4.58. The third-order valence-electron chi connectivity index (χ3n) is 3.22. The van der Waals surface area contributed by atoms with Gasteiger partial charge in [0.15, 0.2) is 0 Å². The standard InChI is InChI=1S/C14H4Br2Cl2N2S3/c15-9-3-7(17)13(21-9)5-1-2-6(12-11(5)19-23-20-12)14-8(18)4-10(16)22-14/h1-4H. The van der Waals surface area contributed by atoms with Crippen LogP contribution in [0.4, 0.5) is 0 Å². The Morgan fingerprint density at radius 3 is 1.57 bits per heavy atom. The first-order valence-corrected chi connectivity index (χ1v) is 10.9. The average molecular weight is 527 g/mol. The highest BCUT2D eigenvalue weighted by atomic mass is 79.9. The van der Waals surface area contributed by atoms with E-state index in [1.807, 2.05) is 24.3 Å². The lowest BCUT2D eigenvalue weighted by Crippen LogP contribution is -1.83. The van der Waals surface area contributed by atoms with Gasteiger partial charge in [-0.05, 0) is 44.0 Å². The Morgan fingerprint density at radius 1 is 0.783 bits per heavy atom. The van der Waals surface area contributed by atoms with Crippen LogP contribution in [-0.4, -0.2) is 8.75 Å². The quantitative estimate of drug-likeness (QED) is 0.264. The molecule has 0 aliphatic carbocycles. The number of thiophene rings is 2. The Bertz CT molecular complexity index is 958. The molecule has 0 bridgehead atoms. The normalized spacial score (nSPS) is 11.5. The van der Waals surface area contributed by atoms with Crippen molar-refractivity contribution in [2.45, 2.75) is 0 Å². The van der Waals surface area contributed by atoms with Gasteiger partial charge in [0, 0.05) is 11.1 Å². The number of nitrogens with zero attached hydrogens (tertiary/aromatic N) is 2. The van der Waals surface area contributed by atoms with Crippen LogP contribution in [0.2, 0.25) is 10.0 Å². The summed E-state index contributed by atoms with van der Waals surface area (Å²) in [4.78, 5) is 1.97. The number of aromatic nitrogens is 2. The maximum absolute atomic E-state index is 6.34. The predicted molar refractivity (Wildman–Crippen MR) is 109 cm³/mol. The zero-order valence-corrected chi connectivity index (χ0v) is 18.1. The molecule has 0 amide bonds. The maximum atomic E-state index is 6.34. The molecule has 0 unspecified atom stereocenters. The van der Waals surface area contributed by atoms with Crippen molar-refractivity contribution in [1.29, 1.82) is 0 Å². The van der Waals surface area contributed by atoms with Crippen molar-refractivity contribution in [2.24, 2.45) is 0 Å². The Balaban J connectivity index is 1.98. The van der Waals surface area contributed by atoms with Crippen LogP contribution >= 0.6 is 89.5 Å². The highest BCUT2D eigenvalue weighted by molar-refractivity contribution is 9.11. The smallest absolute Gasteiger partial charge is 0.114 e. The summed E-state index contributed by atoms with van der Waals surface area (Å²) >= 11 is 24.0. The Labute approximate surface area is 170 Å². The zero-order valence-electron chi connectivity index (χ0n) is 10.9. The zero-order chi connectivity index (χ0) is 16.1. The van der Waals surface area contributed by atoms with Gasteiger partial charge in [0.25, 0.3) is 0 Å². The van der Waals surface area contributed by atoms with Gasteiger partial charge in [0.2, 0.25) is 0 Å². The van der Waals surface area contributed by atoms with Gasteiger partial charge in [0.05, 0.1) is 39.1 Å². The van der Waals surface area contributed by atoms with Gasteiger partial charge < -0.3 is 0 Å². The van der Waals surface area contributed by atoms with E-state index in [9.17, 15) is 0 Å². The van der Waals surface area contributed by atoms with Gasteiger partial charge in [-0.3, -0.25) is 0 Å². The van der Waals surface area contributed by atoms with Crippen LogP contribution in [-0.2, 0) is 0 Å². The van der Waals surface area contributed by atoms with E-state index in [4.69, 9.17) is 23.2 Å². The number of fused-ring (bicyclic) bond motifs is 1. The lowest BCUT2D eigenvalue weighted by molar-refractivity contribution is 1.63. The van der Waals surface area contributed by atoms with Crippen LogP contribution < -0.4 is 0 Å². The van der Waals surface area contributed by atoms with Crippen LogP contribution in [0.25, 0.3) is 31.9 Å². The van der Waals surface area contributed by atoms with Crippen molar-refractivity contribution in [3.63, 3.8) is 0 Å². The van der Waals surface area contributed by atoms with Crippen molar-refractivity contribution in [3.8, 4) is 20.9 Å². The molecule has 0 radical (unpaired) electrons. The van der Waals surface area contributed by atoms with Crippen molar-refractivity contribution in [3.05, 3.63) is 41.9 Å². The summed E-state index contributed by atoms with van der Waals surface area (Å²) < 4.78 is 10.9. The number of halogens is 4. The molecular weight excluding hydrogens is 523 g/mol. The molecule has 9 heteroatoms. The Kier molecular flexibility index (Phi) is 4.55. The molecule has 116 valence electrons. The summed E-state index contributed by atoms with van der Waals surface area (Å²) in [6, 6.07) is 7.86. The lowest BCUT2D eigenvalue weighted by Gasteiger charge is -2.04. The molecule has 0 aliphatic heterocycles. The van der Waals surface area contributed by atoms with Gasteiger partial charge in [-0.15, -0.1) is 22.7 Å². The van der Waals surface area contributed by atoms with E-state index in [1.54, 1.807) is 22.7 Å². The maximum Gasteiger partial charge on any atom is 0.114 e. The predicted octanol–water partition coefficient (Wildman–Crippen LogP) is 7.98. The van der Waals surface area contributed by atoms with Crippen LogP contribution in [0.5, 0.6) is 0 Å². The van der Waals surface area contributed by atoms with Gasteiger partial charge in [-0.25, -0.2) is 0 Å². The largest absolute Gasteiger partial charge is 0.172 e. The highest BCUT2D eigenvalue weighted by Gasteiger charge is 2.19. The fraction of sp³-hybridized carbons (Fsp3) is 0. The van der Waals surface area contributed by atoms with E-state index in [2.05, 4.69) is 40.6 Å². The third-order valence-corrected chi connectivity index (χ3v) is 7.91. The lowest BCUT2D eigenvalue weighted by atomic mass is 10.1. The van der Waals surface area contributed by atoms with Crippen LogP contribution in [0, 0.1) is 0 Å². The first kappa shape index (κ1) is 16.4. The second-order valence-corrected chi connectivity index (χ2v) is 10.8. The van der Waals surface area contributed by atoms with Gasteiger partial charge in [-0.1, -0.05) is 35.3 Å². The van der Waals surface area contributed by atoms with E-state index in [0.29, 0.717) is 10.0 Å². The summed E-state index contributed by atoms with van der Waals surface area (Å²) in [6.07, 6.45) is 0. The van der Waals surface area contributed by atoms with E-state index in [-0.39, 0.29) is 0 Å². The van der Waals surface area contributed by atoms with Crippen molar-refractivity contribution >= 4 is 100 Å². The third kappa shape index (κ3) is 2.90. The molecule has 2 nitrogen and oxygen atoms in total. The number of hydrogen-bond acceptors (Lipinski definition) is 5. The Hall–Kier alpha value is -0.0200. The number of hydrogen-bond donors (Lipinski definition) is 0. The molecule has 4 rings (SSSR count). The molecule has 23 heavy (non-hydrogen) atoms. The van der Waals surface area contributed by atoms with Crippen molar-refractivity contribution in [2.75, 3.05) is 0 Å². The van der Waals surface area contributed by atoms with E-state index < -0.39 is 0 Å². The van der Waals surface area contributed by atoms with Gasteiger partial charge in [0.1, 0.15) is 11.0 Å². The van der Waals surface area contributed by atoms with Gasteiger partial charge in [-0.2, -0.15) is 8.75 Å². The molecule has 4 aromatic rings. The van der Waals surface area contributed by atoms with E-state index in [0.717, 1.165) is 39.5 Å². The summed E-state index contributed by atoms with van der Waals surface area (Å²) in [5.74, 6) is 0. The topological polar surface area (TPSA) is 25.8 Å². The monoisotopic (exact) mass is 524 g/mol. The fourth-order valence-corrected chi connectivity index (χ4v) is 6.94. The summed E-state index contributed by atoms with van der Waals surface area (Å²) in [5.41, 5.74) is 3.68. The second kappa shape index (κ2) is 6.37. The minimum Gasteiger partial charge on any atom is -0.172 e. The van der Waals surface area contributed by atoms with Gasteiger partial charge >= 0.3 is 0 Å². The minimum absolute atomic E-state index is 0.709. The molecule has 0 saturated carbocycles. The average Bonchev–Trinajstić information content (AvgIpc) is 3.17. The molecule has 1 aromatic carbocycles. The fourth-order valence-electron chi connectivity index (χ4n) is 2.28. The molecule has 0 N–H and O–H groups in total. The van der Waals surface area contributed by atoms with E-state index >= 15 is 0 Å². The number of rotatable bonds is 2. The molecule has 0 aliphatic rings. The van der Waals surface area contributed by atoms with E-state index in [1.165, 1.54) is 11.7 Å². The van der Waals surface area contributed by atoms with Crippen LogP contribution in [0.3, 0.4) is 0 Å². The summed E-state index contributed by atoms with van der Waals surface area (Å²) in [6.45, 7) is 0. The molecule has 3 aromatic heterocycles. The molecule has 0 saturated heterocycles. The SMILES string of the molecule is Clc1cc(Br)sc1-c1ccc(-c2sc(Br)cc2Cl)c2nsnc12. The first-order chi connectivity index (χ1) is 11.0. The molecular formula is C14H4Br2Cl2N2S3. The van der Waals surface area contributed by atoms with Crippen LogP contribution in [0.15, 0.2) is 31.8 Å².